The molecule has 0 aromatic carbocycles. The topological polar surface area (TPSA) is 56.5 Å². The molecule has 0 spiro atoms. The van der Waals surface area contributed by atoms with Crippen molar-refractivity contribution in [1.29, 1.82) is 0 Å². The second-order valence-electron chi connectivity index (χ2n) is 3.09. The molecular weight excluding hydrogens is 458 g/mol. The maximum absolute atomic E-state index is 6.09. The Morgan fingerprint density at radius 2 is 2.21 bits per heavy atom. The summed E-state index contributed by atoms with van der Waals surface area (Å²) in [5.41, 5.74) is 0. The van der Waals surface area contributed by atoms with Gasteiger partial charge in [0, 0.05) is 0 Å². The number of nitrogens with zero attached hydrogens (tertiary/aromatic N) is 5. The van der Waals surface area contributed by atoms with Gasteiger partial charge in [0.05, 0.1) is 5.02 Å². The molecule has 19 heavy (non-hydrogen) atoms. The molecule has 0 fully saturated rings. The standard InChI is InChI=1S/C8H2Br2ClN5S3/c9-4-5(10)18-8(12-4)19-7-13-14-15-16(7)6-3(11)1-2-17-6/h1-2H. The molecule has 0 aliphatic rings. The van der Waals surface area contributed by atoms with Crippen LogP contribution in [0.4, 0.5) is 0 Å². The predicted octanol–water partition coefficient (Wildman–Crippen LogP) is 4.51. The fraction of sp³-hybridized carbons (Fsp3) is 0. The van der Waals surface area contributed by atoms with Gasteiger partial charge in [-0.05, 0) is 65.5 Å². The molecule has 3 rings (SSSR count). The van der Waals surface area contributed by atoms with Crippen molar-refractivity contribution < 1.29 is 0 Å². The fourth-order valence-corrected chi connectivity index (χ4v) is 5.51. The zero-order valence-electron chi connectivity index (χ0n) is 8.75. The van der Waals surface area contributed by atoms with Crippen molar-refractivity contribution in [2.75, 3.05) is 0 Å². The van der Waals surface area contributed by atoms with E-state index in [-0.39, 0.29) is 0 Å². The highest BCUT2D eigenvalue weighted by molar-refractivity contribution is 9.13. The van der Waals surface area contributed by atoms with Crippen LogP contribution in [0.25, 0.3) is 5.00 Å². The third-order valence-corrected chi connectivity index (χ3v) is 7.32. The average Bonchev–Trinajstić information content (AvgIpc) is 3.03. The number of rotatable bonds is 3. The zero-order chi connectivity index (χ0) is 13.4. The molecule has 0 saturated carbocycles. The van der Waals surface area contributed by atoms with Crippen LogP contribution in [0.1, 0.15) is 0 Å². The van der Waals surface area contributed by atoms with Crippen LogP contribution < -0.4 is 0 Å². The average molecular weight is 460 g/mol. The van der Waals surface area contributed by atoms with E-state index in [1.54, 1.807) is 4.68 Å². The number of halogens is 3. The van der Waals surface area contributed by atoms with Crippen molar-refractivity contribution in [3.05, 3.63) is 24.9 Å². The Hall–Kier alpha value is -0.000000000000000305. The third kappa shape index (κ3) is 2.88. The third-order valence-electron chi connectivity index (χ3n) is 1.94. The van der Waals surface area contributed by atoms with E-state index in [0.717, 1.165) is 17.7 Å². The molecule has 5 nitrogen and oxygen atoms in total. The molecule has 0 radical (unpaired) electrons. The van der Waals surface area contributed by atoms with Crippen molar-refractivity contribution >= 4 is 77.9 Å². The first-order chi connectivity index (χ1) is 9.15. The molecule has 3 aromatic heterocycles. The van der Waals surface area contributed by atoms with Crippen LogP contribution in [-0.4, -0.2) is 25.2 Å². The van der Waals surface area contributed by atoms with Gasteiger partial charge in [0.15, 0.2) is 4.34 Å². The number of aromatic nitrogens is 5. The van der Waals surface area contributed by atoms with Crippen LogP contribution in [0, 0.1) is 0 Å². The fourth-order valence-electron chi connectivity index (χ4n) is 1.19. The number of tetrazole rings is 1. The molecule has 0 aliphatic heterocycles. The van der Waals surface area contributed by atoms with Gasteiger partial charge in [0.2, 0.25) is 5.16 Å². The monoisotopic (exact) mass is 457 g/mol. The lowest BCUT2D eigenvalue weighted by Crippen LogP contribution is -1.96. The summed E-state index contributed by atoms with van der Waals surface area (Å²) in [6.45, 7) is 0. The van der Waals surface area contributed by atoms with E-state index in [0.29, 0.717) is 10.2 Å². The van der Waals surface area contributed by atoms with Crippen molar-refractivity contribution in [3.8, 4) is 5.00 Å². The molecule has 0 atom stereocenters. The molecule has 3 aromatic rings. The van der Waals surface area contributed by atoms with E-state index < -0.39 is 0 Å². The lowest BCUT2D eigenvalue weighted by atomic mass is 10.6. The Labute approximate surface area is 141 Å². The first-order valence-corrected chi connectivity index (χ1v) is 9.14. The maximum atomic E-state index is 6.09. The molecule has 0 bridgehead atoms. The van der Waals surface area contributed by atoms with Gasteiger partial charge in [-0.25, -0.2) is 4.98 Å². The molecule has 0 aliphatic carbocycles. The van der Waals surface area contributed by atoms with Gasteiger partial charge in [-0.1, -0.05) is 22.9 Å². The smallest absolute Gasteiger partial charge is 0.221 e. The molecule has 98 valence electrons. The van der Waals surface area contributed by atoms with E-state index in [9.17, 15) is 0 Å². The summed E-state index contributed by atoms with van der Waals surface area (Å²) in [7, 11) is 0. The van der Waals surface area contributed by atoms with Crippen LogP contribution >= 0.6 is 77.9 Å². The lowest BCUT2D eigenvalue weighted by Gasteiger charge is -1.99. The summed E-state index contributed by atoms with van der Waals surface area (Å²) >= 11 is 17.2. The van der Waals surface area contributed by atoms with E-state index in [4.69, 9.17) is 11.6 Å². The largest absolute Gasteiger partial charge is 0.222 e. The summed E-state index contributed by atoms with van der Waals surface area (Å²) in [5, 5.41) is 15.6. The first-order valence-electron chi connectivity index (χ1n) is 4.66. The minimum atomic E-state index is 0.623. The SMILES string of the molecule is Clc1ccsc1-n1nnnc1Sc1nc(Br)c(Br)s1. The Kier molecular flexibility index (Phi) is 4.25. The Bertz CT molecular complexity index is 704. The molecule has 0 N–H and O–H groups in total. The van der Waals surface area contributed by atoms with E-state index in [2.05, 4.69) is 52.4 Å². The quantitative estimate of drug-likeness (QED) is 0.577. The van der Waals surface area contributed by atoms with Gasteiger partial charge < -0.3 is 0 Å². The summed E-state index contributed by atoms with van der Waals surface area (Å²) in [6, 6.07) is 1.81. The van der Waals surface area contributed by atoms with Crippen LogP contribution in [0.3, 0.4) is 0 Å². The molecule has 3 heterocycles. The van der Waals surface area contributed by atoms with Crippen LogP contribution in [-0.2, 0) is 0 Å². The van der Waals surface area contributed by atoms with Crippen molar-refractivity contribution in [2.24, 2.45) is 0 Å². The Balaban J connectivity index is 1.95. The zero-order valence-corrected chi connectivity index (χ0v) is 15.1. The van der Waals surface area contributed by atoms with Gasteiger partial charge in [0.1, 0.15) is 13.4 Å². The Morgan fingerprint density at radius 3 is 2.84 bits per heavy atom. The predicted molar refractivity (Wildman–Crippen MR) is 83.7 cm³/mol. The maximum Gasteiger partial charge on any atom is 0.222 e. The Morgan fingerprint density at radius 1 is 1.37 bits per heavy atom. The van der Waals surface area contributed by atoms with Gasteiger partial charge in [0.25, 0.3) is 0 Å². The van der Waals surface area contributed by atoms with Crippen molar-refractivity contribution in [3.63, 3.8) is 0 Å². The van der Waals surface area contributed by atoms with Crippen LogP contribution in [0.2, 0.25) is 5.02 Å². The van der Waals surface area contributed by atoms with Crippen molar-refractivity contribution in [2.45, 2.75) is 9.50 Å². The normalized spacial score (nSPS) is 11.1. The molecule has 11 heteroatoms. The van der Waals surface area contributed by atoms with Gasteiger partial charge >= 0.3 is 0 Å². The number of thiophene rings is 1. The number of hydrogen-bond donors (Lipinski definition) is 0. The minimum absolute atomic E-state index is 0.623. The summed E-state index contributed by atoms with van der Waals surface area (Å²) < 4.78 is 4.15. The van der Waals surface area contributed by atoms with Crippen molar-refractivity contribution in [1.82, 2.24) is 25.2 Å². The molecule has 0 saturated heterocycles. The first kappa shape index (κ1) is 14.0. The molecule has 0 unspecified atom stereocenters. The number of hydrogen-bond acceptors (Lipinski definition) is 7. The molecule has 0 amide bonds. The second kappa shape index (κ2) is 5.78. The highest BCUT2D eigenvalue weighted by atomic mass is 79.9. The lowest BCUT2D eigenvalue weighted by molar-refractivity contribution is 0.768. The summed E-state index contributed by atoms with van der Waals surface area (Å²) in [4.78, 5) is 4.34. The summed E-state index contributed by atoms with van der Waals surface area (Å²) in [5.74, 6) is 0. The van der Waals surface area contributed by atoms with E-state index in [1.165, 1.54) is 34.4 Å². The van der Waals surface area contributed by atoms with E-state index >= 15 is 0 Å². The summed E-state index contributed by atoms with van der Waals surface area (Å²) in [6.07, 6.45) is 0. The van der Waals surface area contributed by atoms with Gasteiger partial charge in [-0.2, -0.15) is 4.68 Å². The van der Waals surface area contributed by atoms with Crippen LogP contribution in [0.5, 0.6) is 0 Å². The van der Waals surface area contributed by atoms with E-state index in [1.807, 2.05) is 11.4 Å². The van der Waals surface area contributed by atoms with Gasteiger partial charge in [-0.15, -0.1) is 16.4 Å². The molecular formula is C8H2Br2ClN5S3. The minimum Gasteiger partial charge on any atom is -0.221 e. The van der Waals surface area contributed by atoms with Gasteiger partial charge in [-0.3, -0.25) is 0 Å². The highest BCUT2D eigenvalue weighted by Gasteiger charge is 2.16. The highest BCUT2D eigenvalue weighted by Crippen LogP contribution is 2.38. The number of thiazole rings is 1. The second-order valence-corrected chi connectivity index (χ2v) is 8.68. The van der Waals surface area contributed by atoms with Crippen LogP contribution in [0.15, 0.2) is 29.3 Å².